The Morgan fingerprint density at radius 1 is 1.64 bits per heavy atom. The first kappa shape index (κ1) is 11.7. The van der Waals surface area contributed by atoms with Gasteiger partial charge in [0.2, 0.25) is 0 Å². The first-order valence-electron chi connectivity index (χ1n) is 4.14. The van der Waals surface area contributed by atoms with Crippen molar-refractivity contribution in [2.75, 3.05) is 0 Å². The number of halogens is 2. The average Bonchev–Trinajstić information content (AvgIpc) is 2.16. The van der Waals surface area contributed by atoms with Crippen LogP contribution in [0.3, 0.4) is 0 Å². The second kappa shape index (κ2) is 4.91. The van der Waals surface area contributed by atoms with Crippen LogP contribution in [-0.2, 0) is 6.61 Å². The largest absolute Gasteiger partial charge is 0.392 e. The molecule has 2 nitrogen and oxygen atoms in total. The molecule has 0 spiro atoms. The minimum Gasteiger partial charge on any atom is -0.392 e. The zero-order valence-electron chi connectivity index (χ0n) is 7.63. The van der Waals surface area contributed by atoms with Gasteiger partial charge in [0.25, 0.3) is 0 Å². The van der Waals surface area contributed by atoms with Crippen molar-refractivity contribution in [2.24, 2.45) is 0 Å². The van der Waals surface area contributed by atoms with E-state index in [1.54, 1.807) is 25.1 Å². The fraction of sp³-hybridized carbons (Fsp3) is 0.300. The van der Waals surface area contributed by atoms with Crippen LogP contribution < -0.4 is 0 Å². The zero-order valence-corrected chi connectivity index (χ0v) is 9.97. The summed E-state index contributed by atoms with van der Waals surface area (Å²) < 4.78 is 0.725. The van der Waals surface area contributed by atoms with Crippen LogP contribution in [0.1, 0.15) is 22.8 Å². The van der Waals surface area contributed by atoms with E-state index < -0.39 is 5.38 Å². The molecule has 0 amide bonds. The number of ketones is 1. The van der Waals surface area contributed by atoms with Gasteiger partial charge in [0.15, 0.2) is 5.78 Å². The SMILES string of the molecule is CC(Cl)C(=O)c1cccc(Br)c1CO. The number of hydrogen-bond acceptors (Lipinski definition) is 2. The number of alkyl halides is 1. The van der Waals surface area contributed by atoms with Crippen molar-refractivity contribution < 1.29 is 9.90 Å². The van der Waals surface area contributed by atoms with E-state index in [1.807, 2.05) is 0 Å². The third kappa shape index (κ3) is 2.35. The zero-order chi connectivity index (χ0) is 10.7. The van der Waals surface area contributed by atoms with Crippen LogP contribution in [0.5, 0.6) is 0 Å². The Kier molecular flexibility index (Phi) is 4.11. The van der Waals surface area contributed by atoms with Gasteiger partial charge in [-0.2, -0.15) is 0 Å². The number of Topliss-reactive ketones (excluding diaryl/α,β-unsaturated/α-hetero) is 1. The van der Waals surface area contributed by atoms with Crippen LogP contribution in [0.25, 0.3) is 0 Å². The van der Waals surface area contributed by atoms with Gasteiger partial charge < -0.3 is 5.11 Å². The van der Waals surface area contributed by atoms with Crippen LogP contribution in [-0.4, -0.2) is 16.3 Å². The molecule has 0 aromatic heterocycles. The molecule has 1 N–H and O–H groups in total. The summed E-state index contributed by atoms with van der Waals surface area (Å²) in [6, 6.07) is 5.19. The maximum Gasteiger partial charge on any atom is 0.180 e. The second-order valence-electron chi connectivity index (χ2n) is 2.90. The van der Waals surface area contributed by atoms with Gasteiger partial charge in [0.1, 0.15) is 0 Å². The number of benzene rings is 1. The molecular formula is C10H10BrClO2. The van der Waals surface area contributed by atoms with Gasteiger partial charge in [0.05, 0.1) is 12.0 Å². The fourth-order valence-corrected chi connectivity index (χ4v) is 1.77. The first-order valence-corrected chi connectivity index (χ1v) is 5.37. The molecule has 0 aliphatic rings. The third-order valence-electron chi connectivity index (χ3n) is 1.90. The molecule has 1 unspecified atom stereocenters. The lowest BCUT2D eigenvalue weighted by molar-refractivity contribution is 0.0988. The normalized spacial score (nSPS) is 12.6. The maximum absolute atomic E-state index is 11.6. The molecule has 14 heavy (non-hydrogen) atoms. The monoisotopic (exact) mass is 276 g/mol. The first-order chi connectivity index (χ1) is 6.57. The highest BCUT2D eigenvalue weighted by Gasteiger charge is 2.17. The molecule has 0 aliphatic heterocycles. The van der Waals surface area contributed by atoms with Gasteiger partial charge in [-0.1, -0.05) is 28.1 Å². The summed E-state index contributed by atoms with van der Waals surface area (Å²) in [5, 5.41) is 8.53. The van der Waals surface area contributed by atoms with Crippen LogP contribution in [0.4, 0.5) is 0 Å². The Hall–Kier alpha value is -0.380. The van der Waals surface area contributed by atoms with E-state index in [4.69, 9.17) is 16.7 Å². The summed E-state index contributed by atoms with van der Waals surface area (Å²) in [6.45, 7) is 1.44. The lowest BCUT2D eigenvalue weighted by Crippen LogP contribution is -2.13. The summed E-state index contributed by atoms with van der Waals surface area (Å²) in [5.74, 6) is -0.169. The number of rotatable bonds is 3. The summed E-state index contributed by atoms with van der Waals surface area (Å²) in [5.41, 5.74) is 1.06. The van der Waals surface area contributed by atoms with E-state index in [2.05, 4.69) is 15.9 Å². The standard InChI is InChI=1S/C10H10BrClO2/c1-6(12)10(14)7-3-2-4-9(11)8(7)5-13/h2-4,6,13H,5H2,1H3. The van der Waals surface area contributed by atoms with Gasteiger partial charge in [-0.15, -0.1) is 11.6 Å². The molecule has 1 aromatic rings. The Labute approximate surface area is 96.0 Å². The van der Waals surface area contributed by atoms with Crippen molar-refractivity contribution in [3.8, 4) is 0 Å². The third-order valence-corrected chi connectivity index (χ3v) is 2.84. The van der Waals surface area contributed by atoms with E-state index in [0.717, 1.165) is 4.47 Å². The van der Waals surface area contributed by atoms with E-state index in [-0.39, 0.29) is 12.4 Å². The molecule has 1 rings (SSSR count). The Bertz CT molecular complexity index is 350. The molecule has 0 fully saturated rings. The molecule has 0 saturated carbocycles. The van der Waals surface area contributed by atoms with Gasteiger partial charge in [-0.3, -0.25) is 4.79 Å². The number of hydrogen-bond donors (Lipinski definition) is 1. The van der Waals surface area contributed by atoms with Crippen LogP contribution in [0.15, 0.2) is 22.7 Å². The van der Waals surface area contributed by atoms with Crippen LogP contribution >= 0.6 is 27.5 Å². The van der Waals surface area contributed by atoms with Gasteiger partial charge >= 0.3 is 0 Å². The molecule has 0 aliphatic carbocycles. The van der Waals surface area contributed by atoms with Gasteiger partial charge in [-0.05, 0) is 13.0 Å². The lowest BCUT2D eigenvalue weighted by atomic mass is 10.0. The Balaban J connectivity index is 3.20. The second-order valence-corrected chi connectivity index (χ2v) is 4.41. The summed E-state index contributed by atoms with van der Waals surface area (Å²) in [6.07, 6.45) is 0. The highest BCUT2D eigenvalue weighted by Crippen LogP contribution is 2.22. The van der Waals surface area contributed by atoms with Crippen molar-refractivity contribution in [1.29, 1.82) is 0 Å². The quantitative estimate of drug-likeness (QED) is 0.681. The highest BCUT2D eigenvalue weighted by molar-refractivity contribution is 9.10. The smallest absolute Gasteiger partial charge is 0.180 e. The molecule has 76 valence electrons. The number of aliphatic hydroxyl groups excluding tert-OH is 1. The maximum atomic E-state index is 11.6. The number of carbonyl (C=O) groups is 1. The average molecular weight is 278 g/mol. The fourth-order valence-electron chi connectivity index (χ4n) is 1.16. The molecule has 0 radical (unpaired) electrons. The van der Waals surface area contributed by atoms with Crippen molar-refractivity contribution >= 4 is 33.3 Å². The molecule has 0 bridgehead atoms. The van der Waals surface area contributed by atoms with Crippen LogP contribution in [0, 0.1) is 0 Å². The van der Waals surface area contributed by atoms with E-state index in [9.17, 15) is 4.79 Å². The van der Waals surface area contributed by atoms with Crippen LogP contribution in [0.2, 0.25) is 0 Å². The van der Waals surface area contributed by atoms with Gasteiger partial charge in [0, 0.05) is 15.6 Å². The molecule has 0 heterocycles. The van der Waals surface area contributed by atoms with Crippen molar-refractivity contribution in [1.82, 2.24) is 0 Å². The summed E-state index contributed by atoms with van der Waals surface area (Å²) >= 11 is 8.97. The van der Waals surface area contributed by atoms with Crippen molar-refractivity contribution in [3.05, 3.63) is 33.8 Å². The van der Waals surface area contributed by atoms with Gasteiger partial charge in [-0.25, -0.2) is 0 Å². The molecular weight excluding hydrogens is 267 g/mol. The number of carbonyl (C=O) groups excluding carboxylic acids is 1. The minimum absolute atomic E-state index is 0.169. The Morgan fingerprint density at radius 2 is 2.29 bits per heavy atom. The van der Waals surface area contributed by atoms with Crippen molar-refractivity contribution in [3.63, 3.8) is 0 Å². The molecule has 1 aromatic carbocycles. The summed E-state index contributed by atoms with van der Waals surface area (Å²) in [7, 11) is 0. The van der Waals surface area contributed by atoms with E-state index >= 15 is 0 Å². The van der Waals surface area contributed by atoms with E-state index in [0.29, 0.717) is 11.1 Å². The minimum atomic E-state index is -0.574. The molecule has 1 atom stereocenters. The topological polar surface area (TPSA) is 37.3 Å². The highest BCUT2D eigenvalue weighted by atomic mass is 79.9. The van der Waals surface area contributed by atoms with E-state index in [1.165, 1.54) is 0 Å². The predicted molar refractivity (Wildman–Crippen MR) is 59.7 cm³/mol. The molecule has 0 saturated heterocycles. The summed E-state index contributed by atoms with van der Waals surface area (Å²) in [4.78, 5) is 11.6. The predicted octanol–water partition coefficient (Wildman–Crippen LogP) is 2.75. The number of aliphatic hydroxyl groups is 1. The molecule has 4 heteroatoms. The Morgan fingerprint density at radius 3 is 2.79 bits per heavy atom. The van der Waals surface area contributed by atoms with Crippen molar-refractivity contribution in [2.45, 2.75) is 18.9 Å². The lowest BCUT2D eigenvalue weighted by Gasteiger charge is -2.09.